The number of sulfone groups is 1. The maximum absolute atomic E-state index is 11.0. The number of nitrogens with zero attached hydrogens (tertiary/aromatic N) is 1. The van der Waals surface area contributed by atoms with Gasteiger partial charge in [0, 0.05) is 25.0 Å². The molecule has 1 aromatic heterocycles. The van der Waals surface area contributed by atoms with E-state index in [-0.39, 0.29) is 5.75 Å². The molecule has 0 atom stereocenters. The van der Waals surface area contributed by atoms with Gasteiger partial charge in [0.1, 0.15) is 15.7 Å². The van der Waals surface area contributed by atoms with Crippen molar-refractivity contribution >= 4 is 15.7 Å². The van der Waals surface area contributed by atoms with Crippen LogP contribution in [0.2, 0.25) is 0 Å². The average molecular weight is 311 g/mol. The highest BCUT2D eigenvalue weighted by atomic mass is 32.2. The van der Waals surface area contributed by atoms with Gasteiger partial charge >= 0.3 is 0 Å². The van der Waals surface area contributed by atoms with Crippen LogP contribution in [0, 0.1) is 0 Å². The van der Waals surface area contributed by atoms with Crippen LogP contribution in [-0.2, 0) is 22.7 Å². The zero-order chi connectivity index (χ0) is 15.1. The maximum Gasteiger partial charge on any atom is 0.148 e. The van der Waals surface area contributed by atoms with Crippen molar-refractivity contribution < 1.29 is 8.42 Å². The minimum atomic E-state index is -2.85. The highest BCUT2D eigenvalue weighted by Gasteiger charge is 2.09. The first-order valence-corrected chi connectivity index (χ1v) is 9.72. The summed E-state index contributed by atoms with van der Waals surface area (Å²) in [5, 5.41) is 6.52. The lowest BCUT2D eigenvalue weighted by Gasteiger charge is -2.17. The molecule has 0 unspecified atom stereocenters. The van der Waals surface area contributed by atoms with Crippen LogP contribution in [0.15, 0.2) is 12.1 Å². The van der Waals surface area contributed by atoms with Crippen molar-refractivity contribution in [3.8, 4) is 0 Å². The van der Waals surface area contributed by atoms with Crippen LogP contribution in [0.1, 0.15) is 30.5 Å². The van der Waals surface area contributed by atoms with E-state index in [0.29, 0.717) is 6.54 Å². The minimum Gasteiger partial charge on any atom is -0.370 e. The van der Waals surface area contributed by atoms with Gasteiger partial charge in [-0.3, -0.25) is 0 Å². The molecule has 5 nitrogen and oxygen atoms in total. The molecule has 21 heavy (non-hydrogen) atoms. The number of pyridine rings is 1. The Morgan fingerprint density at radius 2 is 2.14 bits per heavy atom. The molecule has 0 fully saturated rings. The molecule has 2 N–H and O–H groups in total. The first-order valence-electron chi connectivity index (χ1n) is 7.66. The summed E-state index contributed by atoms with van der Waals surface area (Å²) in [6.07, 6.45) is 6.66. The first-order chi connectivity index (χ1) is 10.0. The highest BCUT2D eigenvalue weighted by molar-refractivity contribution is 7.90. The molecular weight excluding hydrogens is 286 g/mol. The van der Waals surface area contributed by atoms with Crippen LogP contribution in [0.3, 0.4) is 0 Å². The molecule has 0 spiro atoms. The summed E-state index contributed by atoms with van der Waals surface area (Å²) in [6.45, 7) is 2.42. The number of rotatable bonds is 8. The van der Waals surface area contributed by atoms with E-state index in [1.807, 2.05) is 0 Å². The van der Waals surface area contributed by atoms with E-state index in [9.17, 15) is 8.42 Å². The third-order valence-corrected chi connectivity index (χ3v) is 4.58. The largest absolute Gasteiger partial charge is 0.370 e. The number of aryl methyl sites for hydroxylation is 2. The van der Waals surface area contributed by atoms with Crippen LogP contribution >= 0.6 is 0 Å². The lowest BCUT2D eigenvalue weighted by molar-refractivity contribution is 0.592. The molecule has 0 aromatic carbocycles. The fraction of sp³-hybridized carbons (Fsp3) is 0.667. The van der Waals surface area contributed by atoms with E-state index in [4.69, 9.17) is 0 Å². The van der Waals surface area contributed by atoms with Gasteiger partial charge in [0.25, 0.3) is 0 Å². The van der Waals surface area contributed by atoms with Gasteiger partial charge in [0.15, 0.2) is 0 Å². The minimum absolute atomic E-state index is 0.213. The van der Waals surface area contributed by atoms with Crippen molar-refractivity contribution in [3.05, 3.63) is 23.4 Å². The van der Waals surface area contributed by atoms with Gasteiger partial charge in [0.2, 0.25) is 0 Å². The number of unbranched alkanes of at least 4 members (excludes halogenated alkanes) is 1. The van der Waals surface area contributed by atoms with Gasteiger partial charge < -0.3 is 10.6 Å². The normalized spacial score (nSPS) is 14.5. The Kier molecular flexibility index (Phi) is 5.99. The number of anilines is 1. The van der Waals surface area contributed by atoms with Crippen molar-refractivity contribution in [2.75, 3.05) is 37.0 Å². The van der Waals surface area contributed by atoms with Crippen molar-refractivity contribution in [3.63, 3.8) is 0 Å². The predicted octanol–water partition coefficient (Wildman–Crippen LogP) is 1.40. The second-order valence-electron chi connectivity index (χ2n) is 5.68. The Labute approximate surface area is 127 Å². The zero-order valence-corrected chi connectivity index (χ0v) is 13.5. The Morgan fingerprint density at radius 1 is 1.29 bits per heavy atom. The molecule has 6 heteroatoms. The lowest BCUT2D eigenvalue weighted by atomic mass is 10.1. The molecule has 118 valence electrons. The Morgan fingerprint density at radius 3 is 2.95 bits per heavy atom. The van der Waals surface area contributed by atoms with Crippen LogP contribution < -0.4 is 10.6 Å². The number of hydrogen-bond donors (Lipinski definition) is 2. The Bertz CT molecular complexity index is 558. The highest BCUT2D eigenvalue weighted by Crippen LogP contribution is 2.20. The fourth-order valence-corrected chi connectivity index (χ4v) is 2.96. The van der Waals surface area contributed by atoms with Crippen molar-refractivity contribution in [2.45, 2.75) is 32.1 Å². The van der Waals surface area contributed by atoms with E-state index < -0.39 is 9.84 Å². The van der Waals surface area contributed by atoms with Crippen LogP contribution in [0.25, 0.3) is 0 Å². The van der Waals surface area contributed by atoms with Gasteiger partial charge in [-0.25, -0.2) is 13.4 Å². The van der Waals surface area contributed by atoms with Gasteiger partial charge in [-0.15, -0.1) is 0 Å². The number of fused-ring (bicyclic) bond motifs is 1. The monoisotopic (exact) mass is 311 g/mol. The number of nitrogens with one attached hydrogen (secondary N) is 2. The van der Waals surface area contributed by atoms with E-state index in [2.05, 4.69) is 27.8 Å². The molecular formula is C15H25N3O2S. The van der Waals surface area contributed by atoms with Crippen molar-refractivity contribution in [1.29, 1.82) is 0 Å². The van der Waals surface area contributed by atoms with Crippen LogP contribution in [-0.4, -0.2) is 45.0 Å². The Hall–Kier alpha value is -1.14. The molecule has 2 rings (SSSR count). The second kappa shape index (κ2) is 7.75. The lowest BCUT2D eigenvalue weighted by Crippen LogP contribution is -2.23. The summed E-state index contributed by atoms with van der Waals surface area (Å²) in [5.74, 6) is 1.27. The van der Waals surface area contributed by atoms with E-state index in [0.717, 1.165) is 50.3 Å². The molecule has 0 bridgehead atoms. The van der Waals surface area contributed by atoms with E-state index in [1.165, 1.54) is 18.2 Å². The fourth-order valence-electron chi connectivity index (χ4n) is 2.45. The summed E-state index contributed by atoms with van der Waals surface area (Å²) in [7, 11) is -2.85. The van der Waals surface area contributed by atoms with Gasteiger partial charge in [-0.2, -0.15) is 0 Å². The smallest absolute Gasteiger partial charge is 0.148 e. The van der Waals surface area contributed by atoms with Crippen molar-refractivity contribution in [2.24, 2.45) is 0 Å². The number of aromatic nitrogens is 1. The molecule has 2 heterocycles. The summed E-state index contributed by atoms with van der Waals surface area (Å²) in [5.41, 5.74) is 2.46. The number of hydrogen-bond acceptors (Lipinski definition) is 5. The van der Waals surface area contributed by atoms with Gasteiger partial charge in [-0.05, 0) is 50.3 Å². The molecule has 0 radical (unpaired) electrons. The molecule has 1 aromatic rings. The summed E-state index contributed by atoms with van der Waals surface area (Å²) < 4.78 is 21.9. The molecule has 0 aliphatic carbocycles. The van der Waals surface area contributed by atoms with Crippen molar-refractivity contribution in [1.82, 2.24) is 10.3 Å². The van der Waals surface area contributed by atoms with Crippen LogP contribution in [0.5, 0.6) is 0 Å². The predicted molar refractivity (Wildman–Crippen MR) is 86.6 cm³/mol. The summed E-state index contributed by atoms with van der Waals surface area (Å²) in [4.78, 5) is 4.67. The van der Waals surface area contributed by atoms with E-state index >= 15 is 0 Å². The Balaban J connectivity index is 1.63. The standard InChI is InChI=1S/C15H25N3O2S/c1-21(19,20)12-11-16-9-3-2-6-14-8-7-13-5-4-10-17-15(13)18-14/h7-8,16H,2-6,9-12H2,1H3,(H,17,18). The van der Waals surface area contributed by atoms with E-state index in [1.54, 1.807) is 0 Å². The SMILES string of the molecule is CS(=O)(=O)CCNCCCCc1ccc2c(n1)NCCC2. The third-order valence-electron chi connectivity index (χ3n) is 3.64. The summed E-state index contributed by atoms with van der Waals surface area (Å²) >= 11 is 0. The molecule has 1 aliphatic rings. The molecule has 0 saturated heterocycles. The molecule has 0 amide bonds. The van der Waals surface area contributed by atoms with Crippen LogP contribution in [0.4, 0.5) is 5.82 Å². The zero-order valence-electron chi connectivity index (χ0n) is 12.7. The maximum atomic E-state index is 11.0. The summed E-state index contributed by atoms with van der Waals surface area (Å²) in [6, 6.07) is 4.32. The molecule has 1 aliphatic heterocycles. The second-order valence-corrected chi connectivity index (χ2v) is 7.94. The first kappa shape index (κ1) is 16.2. The molecule has 0 saturated carbocycles. The quantitative estimate of drug-likeness (QED) is 0.710. The topological polar surface area (TPSA) is 71.1 Å². The van der Waals surface area contributed by atoms with Gasteiger partial charge in [0.05, 0.1) is 5.75 Å². The van der Waals surface area contributed by atoms with Gasteiger partial charge in [-0.1, -0.05) is 6.07 Å². The average Bonchev–Trinajstić information content (AvgIpc) is 2.45. The third kappa shape index (κ3) is 6.01.